The second kappa shape index (κ2) is 13.1. The highest BCUT2D eigenvalue weighted by atomic mass is 16.5. The fourth-order valence-electron chi connectivity index (χ4n) is 2.85. The Morgan fingerprint density at radius 2 is 1.15 bits per heavy atom. The maximum absolute atomic E-state index is 5.74. The zero-order valence-corrected chi connectivity index (χ0v) is 17.0. The molecule has 0 radical (unpaired) electrons. The van der Waals surface area contributed by atoms with Gasteiger partial charge < -0.3 is 9.47 Å². The SMILES string of the molecule is CCCCCCCCOc1cnc(-c2ccc(OCCCCC)cc2)nc1. The second-order valence-electron chi connectivity index (χ2n) is 6.94. The van der Waals surface area contributed by atoms with E-state index < -0.39 is 0 Å². The van der Waals surface area contributed by atoms with Crippen molar-refractivity contribution in [2.45, 2.75) is 71.6 Å². The van der Waals surface area contributed by atoms with E-state index in [0.29, 0.717) is 5.82 Å². The van der Waals surface area contributed by atoms with Crippen LogP contribution in [0.4, 0.5) is 0 Å². The molecule has 0 aliphatic heterocycles. The van der Waals surface area contributed by atoms with Gasteiger partial charge >= 0.3 is 0 Å². The van der Waals surface area contributed by atoms with Gasteiger partial charge in [-0.15, -0.1) is 0 Å². The van der Waals surface area contributed by atoms with Gasteiger partial charge in [0.05, 0.1) is 25.6 Å². The predicted molar refractivity (Wildman–Crippen MR) is 111 cm³/mol. The smallest absolute Gasteiger partial charge is 0.159 e. The molecule has 0 amide bonds. The number of hydrogen-bond donors (Lipinski definition) is 0. The summed E-state index contributed by atoms with van der Waals surface area (Å²) in [5.74, 6) is 2.34. The number of benzene rings is 1. The molecule has 148 valence electrons. The van der Waals surface area contributed by atoms with Gasteiger partial charge in [-0.25, -0.2) is 9.97 Å². The van der Waals surface area contributed by atoms with E-state index in [9.17, 15) is 0 Å². The molecule has 0 saturated carbocycles. The summed E-state index contributed by atoms with van der Waals surface area (Å²) in [7, 11) is 0. The molecule has 0 fully saturated rings. The van der Waals surface area contributed by atoms with Gasteiger partial charge in [0.15, 0.2) is 11.6 Å². The monoisotopic (exact) mass is 370 g/mol. The molecular weight excluding hydrogens is 336 g/mol. The Morgan fingerprint density at radius 3 is 1.81 bits per heavy atom. The Bertz CT molecular complexity index is 611. The van der Waals surface area contributed by atoms with E-state index in [2.05, 4.69) is 23.8 Å². The summed E-state index contributed by atoms with van der Waals surface area (Å²) in [6.07, 6.45) is 14.6. The van der Waals surface area contributed by atoms with Crippen molar-refractivity contribution in [1.29, 1.82) is 0 Å². The van der Waals surface area contributed by atoms with Crippen LogP contribution in [0, 0.1) is 0 Å². The summed E-state index contributed by atoms with van der Waals surface area (Å²) >= 11 is 0. The van der Waals surface area contributed by atoms with E-state index in [1.807, 2.05) is 24.3 Å². The highest BCUT2D eigenvalue weighted by Gasteiger charge is 2.03. The molecule has 0 aliphatic rings. The molecule has 0 N–H and O–H groups in total. The van der Waals surface area contributed by atoms with E-state index in [1.165, 1.54) is 44.9 Å². The predicted octanol–water partition coefficient (Wildman–Crippen LogP) is 6.45. The normalized spacial score (nSPS) is 10.7. The Hall–Kier alpha value is -2.10. The highest BCUT2D eigenvalue weighted by Crippen LogP contribution is 2.20. The summed E-state index contributed by atoms with van der Waals surface area (Å²) in [5, 5.41) is 0. The Morgan fingerprint density at radius 1 is 0.630 bits per heavy atom. The van der Waals surface area contributed by atoms with E-state index in [0.717, 1.165) is 43.1 Å². The van der Waals surface area contributed by atoms with E-state index in [1.54, 1.807) is 12.4 Å². The maximum atomic E-state index is 5.74. The Balaban J connectivity index is 1.72. The van der Waals surface area contributed by atoms with Crippen molar-refractivity contribution in [3.63, 3.8) is 0 Å². The molecule has 0 unspecified atom stereocenters. The summed E-state index contributed by atoms with van der Waals surface area (Å²) in [6, 6.07) is 7.96. The van der Waals surface area contributed by atoms with Gasteiger partial charge in [-0.1, -0.05) is 58.8 Å². The molecule has 1 aromatic carbocycles. The van der Waals surface area contributed by atoms with Crippen LogP contribution in [-0.4, -0.2) is 23.2 Å². The Kier molecular flexibility index (Phi) is 10.3. The van der Waals surface area contributed by atoms with E-state index in [4.69, 9.17) is 9.47 Å². The van der Waals surface area contributed by atoms with Gasteiger partial charge in [-0.05, 0) is 37.1 Å². The van der Waals surface area contributed by atoms with E-state index in [-0.39, 0.29) is 0 Å². The number of rotatable bonds is 14. The molecule has 2 rings (SSSR count). The highest BCUT2D eigenvalue weighted by molar-refractivity contribution is 5.56. The van der Waals surface area contributed by atoms with Crippen molar-refractivity contribution in [1.82, 2.24) is 9.97 Å². The molecular formula is C23H34N2O2. The van der Waals surface area contributed by atoms with E-state index >= 15 is 0 Å². The Labute approximate surface area is 164 Å². The lowest BCUT2D eigenvalue weighted by Gasteiger charge is -2.08. The molecule has 0 bridgehead atoms. The first-order chi connectivity index (χ1) is 13.3. The van der Waals surface area contributed by atoms with Crippen LogP contribution in [0.5, 0.6) is 11.5 Å². The van der Waals surface area contributed by atoms with Crippen LogP contribution in [0.1, 0.15) is 71.6 Å². The third-order valence-electron chi connectivity index (χ3n) is 4.52. The first kappa shape index (κ1) is 21.2. The zero-order chi connectivity index (χ0) is 19.2. The van der Waals surface area contributed by atoms with Crippen molar-refractivity contribution in [3.8, 4) is 22.9 Å². The topological polar surface area (TPSA) is 44.2 Å². The summed E-state index contributed by atoms with van der Waals surface area (Å²) in [6.45, 7) is 5.94. The molecule has 0 atom stereocenters. The molecule has 4 nitrogen and oxygen atoms in total. The lowest BCUT2D eigenvalue weighted by atomic mass is 10.1. The fraction of sp³-hybridized carbons (Fsp3) is 0.565. The number of ether oxygens (including phenoxy) is 2. The number of aromatic nitrogens is 2. The molecule has 0 saturated heterocycles. The van der Waals surface area contributed by atoms with Crippen molar-refractivity contribution in [2.24, 2.45) is 0 Å². The van der Waals surface area contributed by atoms with Crippen LogP contribution < -0.4 is 9.47 Å². The van der Waals surface area contributed by atoms with Gasteiger partial charge in [0.2, 0.25) is 0 Å². The molecule has 1 heterocycles. The number of unbranched alkanes of at least 4 members (excludes halogenated alkanes) is 7. The molecule has 1 aromatic heterocycles. The van der Waals surface area contributed by atoms with Crippen molar-refractivity contribution >= 4 is 0 Å². The summed E-state index contributed by atoms with van der Waals surface area (Å²) < 4.78 is 11.5. The van der Waals surface area contributed by atoms with Gasteiger partial charge in [-0.3, -0.25) is 0 Å². The van der Waals surface area contributed by atoms with Crippen LogP contribution in [-0.2, 0) is 0 Å². The van der Waals surface area contributed by atoms with Gasteiger partial charge in [0, 0.05) is 5.56 Å². The molecule has 2 aromatic rings. The van der Waals surface area contributed by atoms with Gasteiger partial charge in [-0.2, -0.15) is 0 Å². The van der Waals surface area contributed by atoms with Gasteiger partial charge in [0.25, 0.3) is 0 Å². The minimum atomic E-state index is 0.708. The largest absolute Gasteiger partial charge is 0.494 e. The van der Waals surface area contributed by atoms with Crippen molar-refractivity contribution in [2.75, 3.05) is 13.2 Å². The zero-order valence-electron chi connectivity index (χ0n) is 17.0. The van der Waals surface area contributed by atoms with Crippen molar-refractivity contribution in [3.05, 3.63) is 36.7 Å². The fourth-order valence-corrected chi connectivity index (χ4v) is 2.85. The minimum Gasteiger partial charge on any atom is -0.494 e. The lowest BCUT2D eigenvalue weighted by Crippen LogP contribution is -1.99. The second-order valence-corrected chi connectivity index (χ2v) is 6.94. The number of nitrogens with zero attached hydrogens (tertiary/aromatic N) is 2. The first-order valence-corrected chi connectivity index (χ1v) is 10.5. The summed E-state index contributed by atoms with van der Waals surface area (Å²) in [4.78, 5) is 8.86. The molecule has 4 heteroatoms. The minimum absolute atomic E-state index is 0.708. The lowest BCUT2D eigenvalue weighted by molar-refractivity contribution is 0.302. The molecule has 27 heavy (non-hydrogen) atoms. The van der Waals surface area contributed by atoms with Crippen LogP contribution >= 0.6 is 0 Å². The third kappa shape index (κ3) is 8.42. The molecule has 0 aliphatic carbocycles. The third-order valence-corrected chi connectivity index (χ3v) is 4.52. The van der Waals surface area contributed by atoms with Crippen molar-refractivity contribution < 1.29 is 9.47 Å². The standard InChI is InChI=1S/C23H34N2O2/c1-3-5-7-8-9-11-17-27-22-18-24-23(25-19-22)20-12-14-21(15-13-20)26-16-10-6-4-2/h12-15,18-19H,3-11,16-17H2,1-2H3. The first-order valence-electron chi connectivity index (χ1n) is 10.5. The maximum Gasteiger partial charge on any atom is 0.159 e. The average Bonchev–Trinajstić information content (AvgIpc) is 2.71. The van der Waals surface area contributed by atoms with Crippen LogP contribution in [0.15, 0.2) is 36.7 Å². The quantitative estimate of drug-likeness (QED) is 0.358. The van der Waals surface area contributed by atoms with Crippen LogP contribution in [0.2, 0.25) is 0 Å². The average molecular weight is 371 g/mol. The van der Waals surface area contributed by atoms with Crippen LogP contribution in [0.25, 0.3) is 11.4 Å². The molecule has 0 spiro atoms. The number of hydrogen-bond acceptors (Lipinski definition) is 4. The van der Waals surface area contributed by atoms with Gasteiger partial charge in [0.1, 0.15) is 5.75 Å². The summed E-state index contributed by atoms with van der Waals surface area (Å²) in [5.41, 5.74) is 0.985. The van der Waals surface area contributed by atoms with Crippen LogP contribution in [0.3, 0.4) is 0 Å².